The zero-order valence-corrected chi connectivity index (χ0v) is 14.0. The summed E-state index contributed by atoms with van der Waals surface area (Å²) < 4.78 is 6.54. The normalized spacial score (nSPS) is 11.5. The van der Waals surface area contributed by atoms with Crippen LogP contribution in [0.25, 0.3) is 11.1 Å². The van der Waals surface area contributed by atoms with E-state index in [1.807, 2.05) is 0 Å². The van der Waals surface area contributed by atoms with E-state index in [0.717, 1.165) is 0 Å². The molecule has 1 amide bonds. The number of fused-ring (bicyclic) bond motifs is 1. The highest BCUT2D eigenvalue weighted by Crippen LogP contribution is 2.15. The van der Waals surface area contributed by atoms with Crippen LogP contribution in [0.3, 0.4) is 0 Å². The van der Waals surface area contributed by atoms with Crippen LogP contribution in [0.4, 0.5) is 10.5 Å². The number of oxime groups is 1. The number of carbonyl (C=O) groups excluding carboxylic acids is 1. The topological polar surface area (TPSA) is 85.8 Å². The summed E-state index contributed by atoms with van der Waals surface area (Å²) in [7, 11) is 0. The zero-order chi connectivity index (χ0) is 17.8. The summed E-state index contributed by atoms with van der Waals surface area (Å²) in [6, 6.07) is 13.7. The first-order chi connectivity index (χ1) is 12.0. The molecule has 0 fully saturated rings. The van der Waals surface area contributed by atoms with Crippen molar-refractivity contribution in [1.29, 1.82) is 0 Å². The molecule has 1 heterocycles. The number of benzene rings is 2. The van der Waals surface area contributed by atoms with Crippen molar-refractivity contribution in [2.45, 2.75) is 13.5 Å². The Morgan fingerprint density at radius 1 is 1.28 bits per heavy atom. The lowest BCUT2D eigenvalue weighted by atomic mass is 10.3. The van der Waals surface area contributed by atoms with Gasteiger partial charge < -0.3 is 4.42 Å². The van der Waals surface area contributed by atoms with Crippen molar-refractivity contribution in [2.75, 3.05) is 5.32 Å². The number of hydrogen-bond donors (Lipinski definition) is 1. The van der Waals surface area contributed by atoms with Crippen LogP contribution < -0.4 is 11.1 Å². The predicted octanol–water partition coefficient (Wildman–Crippen LogP) is 3.87. The van der Waals surface area contributed by atoms with E-state index in [9.17, 15) is 9.59 Å². The fourth-order valence-electron chi connectivity index (χ4n) is 2.25. The lowest BCUT2D eigenvalue weighted by Gasteiger charge is -2.04. The summed E-state index contributed by atoms with van der Waals surface area (Å²) in [5.74, 6) is -0.501. The van der Waals surface area contributed by atoms with Gasteiger partial charge in [0.2, 0.25) is 0 Å². The maximum Gasteiger partial charge on any atom is 0.437 e. The number of nitrogens with one attached hydrogen (secondary N) is 1. The number of oxazole rings is 1. The van der Waals surface area contributed by atoms with Crippen LogP contribution in [-0.2, 0) is 11.4 Å². The Morgan fingerprint density at radius 3 is 2.88 bits per heavy atom. The van der Waals surface area contributed by atoms with Gasteiger partial charge in [0.1, 0.15) is 0 Å². The molecule has 1 aromatic heterocycles. The Kier molecular flexibility index (Phi) is 4.85. The van der Waals surface area contributed by atoms with Crippen molar-refractivity contribution >= 4 is 40.2 Å². The lowest BCUT2D eigenvalue weighted by molar-refractivity contribution is 0.166. The number of carbonyl (C=O) groups is 1. The molecule has 128 valence electrons. The number of aromatic nitrogens is 1. The number of anilines is 1. The Labute approximate surface area is 147 Å². The van der Waals surface area contributed by atoms with Gasteiger partial charge in [-0.1, -0.05) is 35.0 Å². The van der Waals surface area contributed by atoms with Crippen LogP contribution >= 0.6 is 11.6 Å². The highest BCUT2D eigenvalue weighted by Gasteiger charge is 2.10. The molecule has 25 heavy (non-hydrogen) atoms. The van der Waals surface area contributed by atoms with Gasteiger partial charge in [-0.05, 0) is 37.3 Å². The molecule has 0 bridgehead atoms. The third-order valence-corrected chi connectivity index (χ3v) is 3.55. The number of halogens is 1. The summed E-state index contributed by atoms with van der Waals surface area (Å²) in [6.45, 7) is 1.78. The van der Waals surface area contributed by atoms with Crippen molar-refractivity contribution < 1.29 is 14.0 Å². The molecule has 2 aromatic carbocycles. The highest BCUT2D eigenvalue weighted by atomic mass is 35.5. The van der Waals surface area contributed by atoms with Crippen molar-refractivity contribution in [3.05, 3.63) is 64.1 Å². The summed E-state index contributed by atoms with van der Waals surface area (Å²) in [5, 5.41) is 6.72. The molecule has 3 rings (SSSR count). The third kappa shape index (κ3) is 4.07. The van der Waals surface area contributed by atoms with Crippen LogP contribution in [0.15, 0.2) is 62.9 Å². The van der Waals surface area contributed by atoms with Crippen molar-refractivity contribution in [3.8, 4) is 0 Å². The van der Waals surface area contributed by atoms with Crippen molar-refractivity contribution in [1.82, 2.24) is 4.57 Å². The second-order valence-corrected chi connectivity index (χ2v) is 5.70. The van der Waals surface area contributed by atoms with E-state index in [4.69, 9.17) is 20.9 Å². The van der Waals surface area contributed by atoms with Gasteiger partial charge in [-0.25, -0.2) is 9.59 Å². The van der Waals surface area contributed by atoms with Crippen LogP contribution in [0.1, 0.15) is 6.92 Å². The molecule has 3 aromatic rings. The van der Waals surface area contributed by atoms with E-state index in [1.54, 1.807) is 55.5 Å². The number of para-hydroxylation sites is 2. The molecule has 0 spiro atoms. The number of amides is 1. The maximum absolute atomic E-state index is 11.9. The third-order valence-electron chi connectivity index (χ3n) is 3.32. The standard InChI is InChI=1S/C17H14ClN3O4/c1-11(10-21-14-7-2-3-8-15(14)24-17(21)23)20-25-16(22)19-13-6-4-5-12(18)9-13/h2-9H,10H2,1H3,(H,19,22)/b20-11+. The van der Waals surface area contributed by atoms with Crippen LogP contribution in [0, 0.1) is 0 Å². The molecule has 8 heteroatoms. The first kappa shape index (κ1) is 16.8. The van der Waals surface area contributed by atoms with Gasteiger partial charge in [0.25, 0.3) is 0 Å². The van der Waals surface area contributed by atoms with E-state index in [0.29, 0.717) is 27.5 Å². The first-order valence-corrected chi connectivity index (χ1v) is 7.76. The lowest BCUT2D eigenvalue weighted by Crippen LogP contribution is -2.19. The van der Waals surface area contributed by atoms with Gasteiger partial charge in [0.05, 0.1) is 17.8 Å². The molecule has 0 unspecified atom stereocenters. The Hall–Kier alpha value is -3.06. The number of hydrogen-bond acceptors (Lipinski definition) is 5. The van der Waals surface area contributed by atoms with E-state index >= 15 is 0 Å². The Balaban J connectivity index is 1.66. The van der Waals surface area contributed by atoms with Gasteiger partial charge in [0.15, 0.2) is 5.58 Å². The molecule has 0 aliphatic carbocycles. The van der Waals surface area contributed by atoms with Gasteiger partial charge in [-0.3, -0.25) is 14.7 Å². The summed E-state index contributed by atoms with van der Waals surface area (Å²) >= 11 is 5.84. The minimum atomic E-state index is -0.758. The fraction of sp³-hybridized carbons (Fsp3) is 0.118. The molecule has 0 aliphatic rings. The number of rotatable bonds is 4. The van der Waals surface area contributed by atoms with Crippen LogP contribution in [-0.4, -0.2) is 16.4 Å². The van der Waals surface area contributed by atoms with Gasteiger partial charge in [0, 0.05) is 10.7 Å². The predicted molar refractivity (Wildman–Crippen MR) is 95.1 cm³/mol. The van der Waals surface area contributed by atoms with E-state index < -0.39 is 11.8 Å². The summed E-state index contributed by atoms with van der Waals surface area (Å²) in [4.78, 5) is 28.4. The van der Waals surface area contributed by atoms with Gasteiger partial charge >= 0.3 is 11.8 Å². The molecule has 0 aliphatic heterocycles. The van der Waals surface area contributed by atoms with Gasteiger partial charge in [-0.15, -0.1) is 0 Å². The SMILES string of the molecule is C/C(Cn1c(=O)oc2ccccc21)=N\OC(=O)Nc1cccc(Cl)c1. The van der Waals surface area contributed by atoms with Crippen molar-refractivity contribution in [3.63, 3.8) is 0 Å². The molecule has 7 nitrogen and oxygen atoms in total. The average molecular weight is 360 g/mol. The molecule has 1 N–H and O–H groups in total. The van der Waals surface area contributed by atoms with E-state index in [-0.39, 0.29) is 6.54 Å². The maximum atomic E-state index is 11.9. The molecule has 0 saturated heterocycles. The summed E-state index contributed by atoms with van der Waals surface area (Å²) in [6.07, 6.45) is -0.758. The van der Waals surface area contributed by atoms with Crippen LogP contribution in [0.5, 0.6) is 0 Å². The number of nitrogens with zero attached hydrogens (tertiary/aromatic N) is 2. The molecular weight excluding hydrogens is 346 g/mol. The second-order valence-electron chi connectivity index (χ2n) is 5.26. The Bertz CT molecular complexity index is 1010. The molecular formula is C17H14ClN3O4. The first-order valence-electron chi connectivity index (χ1n) is 7.38. The summed E-state index contributed by atoms with van der Waals surface area (Å²) in [5.41, 5.74) is 2.04. The van der Waals surface area contributed by atoms with E-state index in [2.05, 4.69) is 10.5 Å². The fourth-order valence-corrected chi connectivity index (χ4v) is 2.44. The highest BCUT2D eigenvalue weighted by molar-refractivity contribution is 6.30. The quantitative estimate of drug-likeness (QED) is 0.435. The molecule has 0 radical (unpaired) electrons. The minimum absolute atomic E-state index is 0.139. The second kappa shape index (κ2) is 7.23. The van der Waals surface area contributed by atoms with Gasteiger partial charge in [-0.2, -0.15) is 0 Å². The monoisotopic (exact) mass is 359 g/mol. The zero-order valence-electron chi connectivity index (χ0n) is 13.2. The smallest absolute Gasteiger partial charge is 0.408 e. The molecule has 0 saturated carbocycles. The van der Waals surface area contributed by atoms with E-state index in [1.165, 1.54) is 4.57 Å². The van der Waals surface area contributed by atoms with Crippen molar-refractivity contribution in [2.24, 2.45) is 5.16 Å². The minimum Gasteiger partial charge on any atom is -0.408 e. The van der Waals surface area contributed by atoms with Crippen LogP contribution in [0.2, 0.25) is 5.02 Å². The Morgan fingerprint density at radius 2 is 2.08 bits per heavy atom. The average Bonchev–Trinajstić information content (AvgIpc) is 2.89. The molecule has 0 atom stereocenters. The largest absolute Gasteiger partial charge is 0.437 e.